The molecular formula is C14H12N2O2. The third-order valence-electron chi connectivity index (χ3n) is 2.42. The maximum Gasteiger partial charge on any atom is 0.153 e. The Balaban J connectivity index is 2.26. The number of phenolic OH excluding ortho intramolecular Hbond substituents is 1. The van der Waals surface area contributed by atoms with Crippen molar-refractivity contribution in [2.75, 3.05) is 0 Å². The number of carbonyl (C=O) groups is 1. The van der Waals surface area contributed by atoms with Gasteiger partial charge in [-0.25, -0.2) is 0 Å². The maximum absolute atomic E-state index is 10.7. The summed E-state index contributed by atoms with van der Waals surface area (Å²) in [7, 11) is 0. The van der Waals surface area contributed by atoms with Gasteiger partial charge in [-0.15, -0.1) is 0 Å². The van der Waals surface area contributed by atoms with Crippen molar-refractivity contribution in [1.82, 2.24) is 0 Å². The van der Waals surface area contributed by atoms with Crippen molar-refractivity contribution in [3.63, 3.8) is 0 Å². The third-order valence-corrected chi connectivity index (χ3v) is 2.42. The second kappa shape index (κ2) is 5.23. The minimum absolute atomic E-state index is 0.0560. The highest BCUT2D eigenvalue weighted by molar-refractivity contribution is 5.80. The number of aldehydes is 1. The number of rotatable bonds is 3. The smallest absolute Gasteiger partial charge is 0.153 e. The molecule has 2 rings (SSSR count). The topological polar surface area (TPSA) is 62.0 Å². The Hall–Kier alpha value is -2.49. The van der Waals surface area contributed by atoms with Gasteiger partial charge in [0.25, 0.3) is 0 Å². The van der Waals surface area contributed by atoms with E-state index in [1.807, 2.05) is 31.2 Å². The molecule has 2 aromatic rings. The molecule has 18 heavy (non-hydrogen) atoms. The molecule has 0 saturated heterocycles. The molecule has 0 saturated carbocycles. The zero-order valence-electron chi connectivity index (χ0n) is 9.87. The van der Waals surface area contributed by atoms with Crippen molar-refractivity contribution < 1.29 is 9.90 Å². The molecule has 90 valence electrons. The first-order chi connectivity index (χ1) is 8.69. The van der Waals surface area contributed by atoms with Crippen LogP contribution in [0.5, 0.6) is 5.75 Å². The minimum atomic E-state index is -0.0560. The molecule has 0 aliphatic rings. The highest BCUT2D eigenvalue weighted by Crippen LogP contribution is 2.24. The predicted octanol–water partition coefficient (Wildman–Crippen LogP) is 3.93. The van der Waals surface area contributed by atoms with Crippen molar-refractivity contribution in [3.05, 3.63) is 53.6 Å². The summed E-state index contributed by atoms with van der Waals surface area (Å²) in [6.07, 6.45) is 0.584. The Morgan fingerprint density at radius 1 is 1.06 bits per heavy atom. The first-order valence-corrected chi connectivity index (χ1v) is 5.45. The molecule has 0 unspecified atom stereocenters. The first-order valence-electron chi connectivity index (χ1n) is 5.45. The molecule has 2 aromatic carbocycles. The van der Waals surface area contributed by atoms with Gasteiger partial charge in [-0.1, -0.05) is 12.1 Å². The molecule has 0 heterocycles. The number of aromatic hydroxyl groups is 1. The second-order valence-electron chi connectivity index (χ2n) is 3.90. The zero-order chi connectivity index (χ0) is 13.0. The van der Waals surface area contributed by atoms with E-state index in [2.05, 4.69) is 10.2 Å². The molecule has 0 spiro atoms. The summed E-state index contributed by atoms with van der Waals surface area (Å²) in [5.74, 6) is -0.0560. The normalized spacial score (nSPS) is 10.7. The van der Waals surface area contributed by atoms with Gasteiger partial charge in [0.2, 0.25) is 0 Å². The van der Waals surface area contributed by atoms with E-state index in [1.54, 1.807) is 6.07 Å². The van der Waals surface area contributed by atoms with Gasteiger partial charge < -0.3 is 5.11 Å². The van der Waals surface area contributed by atoms with E-state index in [4.69, 9.17) is 0 Å². The van der Waals surface area contributed by atoms with Crippen molar-refractivity contribution in [2.45, 2.75) is 6.92 Å². The Kier molecular flexibility index (Phi) is 3.48. The molecule has 4 nitrogen and oxygen atoms in total. The average Bonchev–Trinajstić information content (AvgIpc) is 2.38. The summed E-state index contributed by atoms with van der Waals surface area (Å²) in [5, 5.41) is 17.4. The van der Waals surface area contributed by atoms with Gasteiger partial charge in [0.15, 0.2) is 6.29 Å². The summed E-state index contributed by atoms with van der Waals surface area (Å²) in [6.45, 7) is 1.98. The van der Waals surface area contributed by atoms with Crippen molar-refractivity contribution in [1.29, 1.82) is 0 Å². The van der Waals surface area contributed by atoms with Crippen molar-refractivity contribution in [3.8, 4) is 5.75 Å². The summed E-state index contributed by atoms with van der Waals surface area (Å²) in [5.41, 5.74) is 2.58. The lowest BCUT2D eigenvalue weighted by molar-refractivity contribution is 0.112. The van der Waals surface area contributed by atoms with E-state index in [0.29, 0.717) is 12.0 Å². The standard InChI is InChI=1S/C14H12N2O2/c1-10-3-2-4-12(7-10)15-16-13-5-6-14(18)11(8-13)9-17/h2-9,18H,1H3. The molecule has 0 fully saturated rings. The van der Waals surface area contributed by atoms with Crippen LogP contribution in [0.2, 0.25) is 0 Å². The van der Waals surface area contributed by atoms with Crippen LogP contribution in [0.15, 0.2) is 52.7 Å². The van der Waals surface area contributed by atoms with Gasteiger partial charge >= 0.3 is 0 Å². The van der Waals surface area contributed by atoms with E-state index >= 15 is 0 Å². The summed E-state index contributed by atoms with van der Waals surface area (Å²) < 4.78 is 0. The van der Waals surface area contributed by atoms with E-state index < -0.39 is 0 Å². The lowest BCUT2D eigenvalue weighted by Gasteiger charge is -1.98. The first kappa shape index (κ1) is 12.0. The van der Waals surface area contributed by atoms with Crippen LogP contribution in [0.25, 0.3) is 0 Å². The van der Waals surface area contributed by atoms with Gasteiger partial charge in [-0.2, -0.15) is 10.2 Å². The van der Waals surface area contributed by atoms with Gasteiger partial charge in [-0.05, 0) is 42.8 Å². The van der Waals surface area contributed by atoms with Crippen LogP contribution in [0.3, 0.4) is 0 Å². The number of nitrogens with zero attached hydrogens (tertiary/aromatic N) is 2. The van der Waals surface area contributed by atoms with Crippen LogP contribution in [0, 0.1) is 6.92 Å². The average molecular weight is 240 g/mol. The lowest BCUT2D eigenvalue weighted by atomic mass is 10.2. The fourth-order valence-electron chi connectivity index (χ4n) is 1.50. The number of hydrogen-bond donors (Lipinski definition) is 1. The highest BCUT2D eigenvalue weighted by atomic mass is 16.3. The van der Waals surface area contributed by atoms with E-state index in [9.17, 15) is 9.90 Å². The third kappa shape index (κ3) is 2.79. The molecule has 0 aliphatic heterocycles. The van der Waals surface area contributed by atoms with Crippen LogP contribution in [0.1, 0.15) is 15.9 Å². The summed E-state index contributed by atoms with van der Waals surface area (Å²) >= 11 is 0. The predicted molar refractivity (Wildman–Crippen MR) is 68.8 cm³/mol. The second-order valence-corrected chi connectivity index (χ2v) is 3.90. The largest absolute Gasteiger partial charge is 0.507 e. The van der Waals surface area contributed by atoms with E-state index in [1.165, 1.54) is 12.1 Å². The molecule has 0 radical (unpaired) electrons. The molecule has 0 bridgehead atoms. The SMILES string of the molecule is Cc1cccc(N=Nc2ccc(O)c(C=O)c2)c1. The number of hydrogen-bond acceptors (Lipinski definition) is 4. The Labute approximate surface area is 105 Å². The maximum atomic E-state index is 10.7. The molecule has 0 aromatic heterocycles. The van der Waals surface area contributed by atoms with Crippen LogP contribution >= 0.6 is 0 Å². The Morgan fingerprint density at radius 2 is 1.78 bits per heavy atom. The molecule has 1 N–H and O–H groups in total. The monoisotopic (exact) mass is 240 g/mol. The van der Waals surface area contributed by atoms with E-state index in [0.717, 1.165) is 11.3 Å². The van der Waals surface area contributed by atoms with Gasteiger partial charge in [0.05, 0.1) is 16.9 Å². The fraction of sp³-hybridized carbons (Fsp3) is 0.0714. The molecule has 0 aliphatic carbocycles. The van der Waals surface area contributed by atoms with Gasteiger partial charge in [-0.3, -0.25) is 4.79 Å². The number of aryl methyl sites for hydroxylation is 1. The highest BCUT2D eigenvalue weighted by Gasteiger charge is 2.00. The van der Waals surface area contributed by atoms with Crippen molar-refractivity contribution in [2.24, 2.45) is 10.2 Å². The lowest BCUT2D eigenvalue weighted by Crippen LogP contribution is -1.79. The molecule has 4 heteroatoms. The van der Waals surface area contributed by atoms with Crippen molar-refractivity contribution >= 4 is 17.7 Å². The quantitative estimate of drug-likeness (QED) is 0.652. The molecule has 0 amide bonds. The van der Waals surface area contributed by atoms with Crippen LogP contribution in [-0.4, -0.2) is 11.4 Å². The van der Waals surface area contributed by atoms with Crippen LogP contribution in [0.4, 0.5) is 11.4 Å². The number of phenols is 1. The number of azo groups is 1. The van der Waals surface area contributed by atoms with Crippen LogP contribution in [-0.2, 0) is 0 Å². The van der Waals surface area contributed by atoms with Gasteiger partial charge in [0.1, 0.15) is 5.75 Å². The Morgan fingerprint density at radius 3 is 2.44 bits per heavy atom. The number of benzene rings is 2. The molecule has 0 atom stereocenters. The zero-order valence-corrected chi connectivity index (χ0v) is 9.87. The molecular weight excluding hydrogens is 228 g/mol. The summed E-state index contributed by atoms with van der Waals surface area (Å²) in [6, 6.07) is 12.1. The van der Waals surface area contributed by atoms with Crippen LogP contribution < -0.4 is 0 Å². The minimum Gasteiger partial charge on any atom is -0.507 e. The van der Waals surface area contributed by atoms with E-state index in [-0.39, 0.29) is 11.3 Å². The summed E-state index contributed by atoms with van der Waals surface area (Å²) in [4.78, 5) is 10.7. The fourth-order valence-corrected chi connectivity index (χ4v) is 1.50. The Bertz CT molecular complexity index is 606. The number of carbonyl (C=O) groups excluding carboxylic acids is 1. The van der Waals surface area contributed by atoms with Gasteiger partial charge in [0, 0.05) is 0 Å².